The molecule has 2 aromatic rings. The van der Waals surface area contributed by atoms with Gasteiger partial charge in [-0.15, -0.1) is 0 Å². The molecule has 0 fully saturated rings. The molecule has 0 nitrogen and oxygen atoms in total. The molecule has 0 spiro atoms. The summed E-state index contributed by atoms with van der Waals surface area (Å²) in [6.45, 7) is 11.6. The maximum atomic E-state index is 2.47. The zero-order valence-corrected chi connectivity index (χ0v) is 20.0. The Bertz CT molecular complexity index is 574. The first kappa shape index (κ1) is 29.1. The Hall–Kier alpha value is 0.371. The van der Waals surface area contributed by atoms with Crippen molar-refractivity contribution in [3.63, 3.8) is 0 Å². The van der Waals surface area contributed by atoms with Crippen LogP contribution in [0.15, 0.2) is 36.4 Å². The fraction of sp³-hybridized carbons (Fsp3) is 0.421. The van der Waals surface area contributed by atoms with Gasteiger partial charge in [-0.25, -0.2) is 6.07 Å². The van der Waals surface area contributed by atoms with E-state index in [1.165, 1.54) is 36.0 Å². The van der Waals surface area contributed by atoms with Gasteiger partial charge in [-0.05, 0) is 13.8 Å². The minimum atomic E-state index is -1.54. The molecule has 2 aromatic carbocycles. The van der Waals surface area contributed by atoms with Crippen molar-refractivity contribution >= 4 is 18.4 Å². The summed E-state index contributed by atoms with van der Waals surface area (Å²) in [5, 5.41) is 3.14. The number of rotatable bonds is 5. The maximum absolute atomic E-state index is 2.47. The van der Waals surface area contributed by atoms with Crippen LogP contribution in [-0.2, 0) is 28.1 Å². The van der Waals surface area contributed by atoms with Gasteiger partial charge in [0.2, 0.25) is 0 Å². The Morgan fingerprint density at radius 1 is 0.958 bits per heavy atom. The molecule has 5 heteroatoms. The number of hydrogen-bond acceptors (Lipinski definition) is 0. The van der Waals surface area contributed by atoms with Gasteiger partial charge in [-0.3, -0.25) is 0 Å². The molecule has 0 aliphatic carbocycles. The first-order valence-electron chi connectivity index (χ1n) is 7.78. The molecular weight excluding hydrogens is 411 g/mol. The van der Waals surface area contributed by atoms with Crippen LogP contribution in [0.25, 0.3) is 0 Å². The van der Waals surface area contributed by atoms with Crippen molar-refractivity contribution in [2.45, 2.75) is 53.1 Å². The molecule has 24 heavy (non-hydrogen) atoms. The molecule has 0 unspecified atom stereocenters. The third-order valence-corrected chi connectivity index (χ3v) is 7.79. The van der Waals surface area contributed by atoms with Crippen LogP contribution in [0, 0.1) is 13.8 Å². The van der Waals surface area contributed by atoms with Crippen molar-refractivity contribution in [1.29, 1.82) is 0 Å². The first-order chi connectivity index (χ1) is 9.43. The molecular formula is C19H27Cl3SiTi. The first-order valence-corrected chi connectivity index (χ1v) is 10.8. The quantitative estimate of drug-likeness (QED) is 0.325. The molecule has 0 N–H and O–H groups in total. The van der Waals surface area contributed by atoms with Gasteiger partial charge in [0, 0.05) is 0 Å². The summed E-state index contributed by atoms with van der Waals surface area (Å²) in [7, 11) is -1.54. The Morgan fingerprint density at radius 2 is 1.50 bits per heavy atom. The molecule has 0 atom stereocenters. The largest absolute Gasteiger partial charge is 4.00 e. The van der Waals surface area contributed by atoms with E-state index in [0.717, 1.165) is 0 Å². The van der Waals surface area contributed by atoms with Gasteiger partial charge in [0.15, 0.2) is 0 Å². The molecule has 0 aliphatic heterocycles. The zero-order chi connectivity index (χ0) is 14.8. The average molecular weight is 438 g/mol. The molecule has 132 valence electrons. The van der Waals surface area contributed by atoms with E-state index in [1.54, 1.807) is 10.4 Å². The Kier molecular flexibility index (Phi) is 15.4. The van der Waals surface area contributed by atoms with Crippen molar-refractivity contribution in [2.75, 3.05) is 0 Å². The van der Waals surface area contributed by atoms with Gasteiger partial charge in [-0.2, -0.15) is 22.9 Å². The molecule has 0 saturated heterocycles. The summed E-state index contributed by atoms with van der Waals surface area (Å²) < 4.78 is 0. The second kappa shape index (κ2) is 12.7. The third-order valence-electron chi connectivity index (χ3n) is 4.30. The van der Waals surface area contributed by atoms with Crippen LogP contribution in [0.2, 0.25) is 13.1 Å². The summed E-state index contributed by atoms with van der Waals surface area (Å²) in [5.74, 6) is 0. The SMILES string of the molecule is CCCCc1cc[c-]([Si](C)(C)c2cc(C)cc(C)c2)c1.[Cl-].[Cl-].[Cl-].[Ti+4]. The van der Waals surface area contributed by atoms with Crippen molar-refractivity contribution in [2.24, 2.45) is 0 Å². The minimum absolute atomic E-state index is 0. The van der Waals surface area contributed by atoms with E-state index in [2.05, 4.69) is 70.3 Å². The van der Waals surface area contributed by atoms with Crippen LogP contribution in [-0.4, -0.2) is 8.07 Å². The van der Waals surface area contributed by atoms with Crippen LogP contribution in [0.1, 0.15) is 36.5 Å². The monoisotopic (exact) mass is 436 g/mol. The van der Waals surface area contributed by atoms with Gasteiger partial charge in [0.05, 0.1) is 8.07 Å². The van der Waals surface area contributed by atoms with E-state index in [9.17, 15) is 0 Å². The summed E-state index contributed by atoms with van der Waals surface area (Å²) in [6.07, 6.45) is 3.81. The van der Waals surface area contributed by atoms with Gasteiger partial charge in [0.25, 0.3) is 0 Å². The van der Waals surface area contributed by atoms with Crippen LogP contribution in [0.4, 0.5) is 0 Å². The normalized spacial score (nSPS) is 9.88. The van der Waals surface area contributed by atoms with Gasteiger partial charge >= 0.3 is 21.7 Å². The second-order valence-corrected chi connectivity index (χ2v) is 11.0. The number of benzene rings is 1. The Morgan fingerprint density at radius 3 is 2.00 bits per heavy atom. The van der Waals surface area contributed by atoms with Crippen LogP contribution >= 0.6 is 0 Å². The van der Waals surface area contributed by atoms with Gasteiger partial charge in [-0.1, -0.05) is 73.8 Å². The molecule has 0 aromatic heterocycles. The predicted molar refractivity (Wildman–Crippen MR) is 93.3 cm³/mol. The van der Waals surface area contributed by atoms with Crippen molar-refractivity contribution in [3.8, 4) is 0 Å². The molecule has 0 radical (unpaired) electrons. The molecule has 0 heterocycles. The van der Waals surface area contributed by atoms with Crippen LogP contribution < -0.4 is 47.6 Å². The van der Waals surface area contributed by atoms with E-state index in [0.29, 0.717) is 0 Å². The van der Waals surface area contributed by atoms with Crippen molar-refractivity contribution in [1.82, 2.24) is 0 Å². The van der Waals surface area contributed by atoms with Gasteiger partial charge < -0.3 is 37.2 Å². The van der Waals surface area contributed by atoms with E-state index < -0.39 is 8.07 Å². The summed E-state index contributed by atoms with van der Waals surface area (Å²) in [5.41, 5.74) is 4.29. The van der Waals surface area contributed by atoms with E-state index in [-0.39, 0.29) is 58.9 Å². The fourth-order valence-electron chi connectivity index (χ4n) is 2.92. The standard InChI is InChI=1S/C19H27Si.3ClH.Ti/c1-6-7-8-17-9-10-18(14-17)20(4,5)19-12-15(2)11-16(3)13-19;;;;/h9-14H,6-8H2,1-5H3;3*1H;/q-1;;;;+4/p-3. The Labute approximate surface area is 182 Å². The molecule has 0 amide bonds. The Balaban J connectivity index is -0.00000110. The summed E-state index contributed by atoms with van der Waals surface area (Å²) >= 11 is 0. The summed E-state index contributed by atoms with van der Waals surface area (Å²) in [4.78, 5) is 0. The molecule has 0 bridgehead atoms. The van der Waals surface area contributed by atoms with E-state index in [4.69, 9.17) is 0 Å². The summed E-state index contributed by atoms with van der Waals surface area (Å²) in [6, 6.07) is 14.2. The van der Waals surface area contributed by atoms with Crippen LogP contribution in [0.5, 0.6) is 0 Å². The predicted octanol–water partition coefficient (Wildman–Crippen LogP) is -4.80. The second-order valence-electron chi connectivity index (χ2n) is 6.61. The molecule has 0 aliphatic rings. The van der Waals surface area contributed by atoms with Crippen molar-refractivity contribution in [3.05, 3.63) is 53.1 Å². The van der Waals surface area contributed by atoms with Crippen molar-refractivity contribution < 1.29 is 58.9 Å². The topological polar surface area (TPSA) is 0 Å². The zero-order valence-electron chi connectivity index (χ0n) is 15.2. The van der Waals surface area contributed by atoms with Gasteiger partial charge in [0.1, 0.15) is 0 Å². The third kappa shape index (κ3) is 7.32. The number of aryl methyl sites for hydroxylation is 3. The van der Waals surface area contributed by atoms with E-state index in [1.807, 2.05) is 0 Å². The fourth-order valence-corrected chi connectivity index (χ4v) is 5.48. The number of hydrogen-bond donors (Lipinski definition) is 0. The minimum Gasteiger partial charge on any atom is -1.00 e. The molecule has 0 saturated carbocycles. The number of unbranched alkanes of at least 4 members (excludes halogenated alkanes) is 1. The average Bonchev–Trinajstić information content (AvgIpc) is 2.84. The number of halogens is 3. The molecule has 2 rings (SSSR count). The smallest absolute Gasteiger partial charge is 1.00 e. The van der Waals surface area contributed by atoms with E-state index >= 15 is 0 Å². The maximum Gasteiger partial charge on any atom is 4.00 e. The van der Waals surface area contributed by atoms with Crippen LogP contribution in [0.3, 0.4) is 0 Å².